The smallest absolute Gasteiger partial charge is 0.305 e. The number of carbonyl (C=O) groups excluding carboxylic acids is 2. The third kappa shape index (κ3) is 3.26. The van der Waals surface area contributed by atoms with Gasteiger partial charge >= 0.3 is 5.97 Å². The lowest BCUT2D eigenvalue weighted by molar-refractivity contribution is -0.164. The molecule has 0 heterocycles. The summed E-state index contributed by atoms with van der Waals surface area (Å²) in [5, 5.41) is 10.5. The van der Waals surface area contributed by atoms with Crippen molar-refractivity contribution in [2.75, 3.05) is 7.11 Å². The maximum atomic E-state index is 14.1. The predicted octanol–water partition coefficient (Wildman–Crippen LogP) is 5.72. The minimum Gasteiger partial charge on any atom is -0.469 e. The van der Waals surface area contributed by atoms with Crippen molar-refractivity contribution in [2.45, 2.75) is 98.5 Å². The molecule has 0 aliphatic heterocycles. The number of esters is 1. The minimum absolute atomic E-state index is 0.0720. The quantitative estimate of drug-likeness (QED) is 0.445. The van der Waals surface area contributed by atoms with E-state index >= 15 is 0 Å². The summed E-state index contributed by atoms with van der Waals surface area (Å²) in [5.41, 5.74) is 1.01. The number of Topliss-reactive ketones (excluding diaryl/α,β-unsaturated/α-hetero) is 1. The first-order valence-corrected chi connectivity index (χ1v) is 13.0. The number of rotatable bonds is 4. The topological polar surface area (TPSA) is 63.6 Å². The van der Waals surface area contributed by atoms with Gasteiger partial charge in [-0.2, -0.15) is 0 Å². The second-order valence-electron chi connectivity index (χ2n) is 12.3. The summed E-state index contributed by atoms with van der Waals surface area (Å²) in [4.78, 5) is 25.8. The second-order valence-corrected chi connectivity index (χ2v) is 12.3. The van der Waals surface area contributed by atoms with Crippen LogP contribution in [0, 0.1) is 45.8 Å². The highest BCUT2D eigenvalue weighted by atomic mass is 16.5. The van der Waals surface area contributed by atoms with Gasteiger partial charge in [0.2, 0.25) is 0 Å². The zero-order chi connectivity index (χ0) is 23.5. The van der Waals surface area contributed by atoms with E-state index in [0.29, 0.717) is 42.3 Å². The van der Waals surface area contributed by atoms with Crippen LogP contribution in [0.5, 0.6) is 0 Å². The van der Waals surface area contributed by atoms with Gasteiger partial charge in [0.1, 0.15) is 0 Å². The maximum Gasteiger partial charge on any atom is 0.305 e. The van der Waals surface area contributed by atoms with Gasteiger partial charge in [-0.15, -0.1) is 0 Å². The largest absolute Gasteiger partial charge is 0.469 e. The zero-order valence-electron chi connectivity index (χ0n) is 21.1. The molecule has 1 unspecified atom stereocenters. The predicted molar refractivity (Wildman–Crippen MR) is 126 cm³/mol. The molecule has 0 amide bonds. The van der Waals surface area contributed by atoms with E-state index in [1.54, 1.807) is 0 Å². The number of ketones is 1. The van der Waals surface area contributed by atoms with Crippen LogP contribution in [-0.4, -0.2) is 30.1 Å². The van der Waals surface area contributed by atoms with Crippen LogP contribution >= 0.6 is 0 Å². The fourth-order valence-electron chi connectivity index (χ4n) is 9.32. The molecule has 180 valence electrons. The standard InChI is InChI=1S/C28H44O4/c1-7-19-25(31)24-21-10-9-20(17(2)8-11-23(30)32-6)26(21,3)14-13-22(24)27(4)15-12-18(29)16-28(19,27)5/h7,17-18,20-22,24,29H,8-16H2,1-6H3/b19-7-/t17?,18-,20-,21+,22+,24+,26-,27-,28+/m1/s1. The van der Waals surface area contributed by atoms with Crippen molar-refractivity contribution < 1.29 is 19.4 Å². The van der Waals surface area contributed by atoms with Crippen LogP contribution in [0.1, 0.15) is 92.4 Å². The lowest BCUT2D eigenvalue weighted by Crippen LogP contribution is -2.62. The number of ether oxygens (including phenoxy) is 1. The van der Waals surface area contributed by atoms with E-state index in [0.717, 1.165) is 44.1 Å². The number of carbonyl (C=O) groups is 2. The van der Waals surface area contributed by atoms with E-state index in [1.165, 1.54) is 13.5 Å². The first-order valence-electron chi connectivity index (χ1n) is 13.0. The molecule has 32 heavy (non-hydrogen) atoms. The monoisotopic (exact) mass is 444 g/mol. The van der Waals surface area contributed by atoms with Gasteiger partial charge in [-0.1, -0.05) is 33.8 Å². The molecule has 4 saturated carbocycles. The first kappa shape index (κ1) is 24.0. The molecule has 0 spiro atoms. The molecular weight excluding hydrogens is 400 g/mol. The maximum absolute atomic E-state index is 14.1. The van der Waals surface area contributed by atoms with E-state index in [1.807, 2.05) is 6.92 Å². The van der Waals surface area contributed by atoms with Crippen LogP contribution in [0.25, 0.3) is 0 Å². The molecule has 4 aliphatic carbocycles. The number of allylic oxidation sites excluding steroid dienone is 2. The van der Waals surface area contributed by atoms with Gasteiger partial charge in [0.05, 0.1) is 13.2 Å². The van der Waals surface area contributed by atoms with E-state index in [4.69, 9.17) is 4.74 Å². The lowest BCUT2D eigenvalue weighted by Gasteiger charge is -2.65. The van der Waals surface area contributed by atoms with Crippen molar-refractivity contribution in [3.63, 3.8) is 0 Å². The van der Waals surface area contributed by atoms with Crippen molar-refractivity contribution in [1.82, 2.24) is 0 Å². The second kappa shape index (κ2) is 8.25. The highest BCUT2D eigenvalue weighted by molar-refractivity contribution is 6.00. The van der Waals surface area contributed by atoms with Gasteiger partial charge in [0.15, 0.2) is 5.78 Å². The summed E-state index contributed by atoms with van der Waals surface area (Å²) < 4.78 is 4.87. The summed E-state index contributed by atoms with van der Waals surface area (Å²) in [7, 11) is 1.47. The molecule has 4 heteroatoms. The molecule has 1 N–H and O–H groups in total. The van der Waals surface area contributed by atoms with Crippen molar-refractivity contribution in [2.24, 2.45) is 45.8 Å². The average molecular weight is 445 g/mol. The summed E-state index contributed by atoms with van der Waals surface area (Å²) in [6, 6.07) is 0. The Balaban J connectivity index is 1.65. The van der Waals surface area contributed by atoms with Gasteiger partial charge in [0, 0.05) is 17.8 Å². The first-order chi connectivity index (χ1) is 15.0. The summed E-state index contributed by atoms with van der Waals surface area (Å²) in [5.74, 6) is 2.25. The molecule has 4 nitrogen and oxygen atoms in total. The van der Waals surface area contributed by atoms with Crippen LogP contribution in [0.15, 0.2) is 11.6 Å². The number of methoxy groups -OCH3 is 1. The molecule has 4 aliphatic rings. The van der Waals surface area contributed by atoms with Crippen LogP contribution in [0.3, 0.4) is 0 Å². The van der Waals surface area contributed by atoms with Gasteiger partial charge < -0.3 is 9.84 Å². The highest BCUT2D eigenvalue weighted by Crippen LogP contribution is 2.71. The Morgan fingerprint density at radius 1 is 1.16 bits per heavy atom. The molecule has 0 bridgehead atoms. The van der Waals surface area contributed by atoms with Crippen LogP contribution in [0.4, 0.5) is 0 Å². The Morgan fingerprint density at radius 2 is 1.88 bits per heavy atom. The van der Waals surface area contributed by atoms with Gasteiger partial charge in [0.25, 0.3) is 0 Å². The fraction of sp³-hybridized carbons (Fsp3) is 0.857. The highest BCUT2D eigenvalue weighted by Gasteiger charge is 2.67. The fourth-order valence-corrected chi connectivity index (χ4v) is 9.32. The Labute approximate surface area is 194 Å². The number of aliphatic hydroxyl groups excluding tert-OH is 1. The lowest BCUT2D eigenvalue weighted by atomic mass is 9.38. The molecule has 0 saturated heterocycles. The minimum atomic E-state index is -0.298. The Bertz CT molecular complexity index is 801. The SMILES string of the molecule is C/C=C1/C(=O)[C@H]2[C@@H]3CC[C@H](C(C)CCC(=O)OC)[C@@]3(C)CC[C@@H]2[C@@]2(C)CC[C@@H](O)C[C@@]12C. The zero-order valence-corrected chi connectivity index (χ0v) is 21.1. The van der Waals surface area contributed by atoms with E-state index in [9.17, 15) is 14.7 Å². The molecule has 0 aromatic heterocycles. The Kier molecular flexibility index (Phi) is 6.18. The third-order valence-corrected chi connectivity index (χ3v) is 11.2. The summed E-state index contributed by atoms with van der Waals surface area (Å²) >= 11 is 0. The molecule has 4 rings (SSSR count). The van der Waals surface area contributed by atoms with E-state index < -0.39 is 0 Å². The normalized spacial score (nSPS) is 48.0. The number of hydrogen-bond donors (Lipinski definition) is 1. The number of fused-ring (bicyclic) bond motifs is 5. The molecule has 0 aromatic rings. The van der Waals surface area contributed by atoms with Crippen molar-refractivity contribution >= 4 is 11.8 Å². The molecule has 0 radical (unpaired) electrons. The molecule has 4 fully saturated rings. The van der Waals surface area contributed by atoms with Gasteiger partial charge in [-0.05, 0) is 98.4 Å². The van der Waals surface area contributed by atoms with Crippen molar-refractivity contribution in [3.8, 4) is 0 Å². The van der Waals surface area contributed by atoms with Crippen LogP contribution in [0.2, 0.25) is 0 Å². The van der Waals surface area contributed by atoms with Gasteiger partial charge in [-0.25, -0.2) is 0 Å². The molecule has 0 aromatic carbocycles. The third-order valence-electron chi connectivity index (χ3n) is 11.2. The van der Waals surface area contributed by atoms with Crippen LogP contribution in [-0.2, 0) is 14.3 Å². The Hall–Kier alpha value is -1.16. The van der Waals surface area contributed by atoms with Crippen LogP contribution < -0.4 is 0 Å². The van der Waals surface area contributed by atoms with E-state index in [-0.39, 0.29) is 34.2 Å². The summed E-state index contributed by atoms with van der Waals surface area (Å²) in [6.45, 7) is 11.5. The molecular formula is C28H44O4. The van der Waals surface area contributed by atoms with Gasteiger partial charge in [-0.3, -0.25) is 9.59 Å². The van der Waals surface area contributed by atoms with Crippen molar-refractivity contribution in [3.05, 3.63) is 11.6 Å². The molecule has 9 atom stereocenters. The average Bonchev–Trinajstić information content (AvgIpc) is 3.10. The number of hydrogen-bond acceptors (Lipinski definition) is 4. The van der Waals surface area contributed by atoms with E-state index in [2.05, 4.69) is 33.8 Å². The van der Waals surface area contributed by atoms with Crippen molar-refractivity contribution in [1.29, 1.82) is 0 Å². The number of aliphatic hydroxyl groups is 1. The Morgan fingerprint density at radius 3 is 2.53 bits per heavy atom. The summed E-state index contributed by atoms with van der Waals surface area (Å²) in [6.07, 6.45) is 10.3.